The lowest BCUT2D eigenvalue weighted by Crippen LogP contribution is -2.41. The van der Waals surface area contributed by atoms with Crippen LogP contribution >= 0.6 is 0 Å². The van der Waals surface area contributed by atoms with E-state index in [0.29, 0.717) is 0 Å². The van der Waals surface area contributed by atoms with Crippen LogP contribution in [0.3, 0.4) is 0 Å². The third-order valence-electron chi connectivity index (χ3n) is 6.16. The minimum atomic E-state index is 0.843. The monoisotopic (exact) mass is 362 g/mol. The van der Waals surface area contributed by atoms with Crippen molar-refractivity contribution in [2.24, 2.45) is 5.16 Å². The van der Waals surface area contributed by atoms with Gasteiger partial charge in [-0.2, -0.15) is 0 Å². The second kappa shape index (κ2) is 8.71. The molecule has 0 atom stereocenters. The van der Waals surface area contributed by atoms with Crippen LogP contribution in [-0.4, -0.2) is 36.9 Å². The fourth-order valence-corrected chi connectivity index (χ4v) is 4.30. The van der Waals surface area contributed by atoms with Gasteiger partial charge in [0, 0.05) is 19.1 Å². The Morgan fingerprint density at radius 2 is 1.81 bits per heavy atom. The van der Waals surface area contributed by atoms with Crippen molar-refractivity contribution in [2.75, 3.05) is 20.2 Å². The summed E-state index contributed by atoms with van der Waals surface area (Å²) in [5.74, 6) is 0. The summed E-state index contributed by atoms with van der Waals surface area (Å²) in [6.07, 6.45) is 8.40. The fourth-order valence-electron chi connectivity index (χ4n) is 4.30. The molecule has 3 nitrogen and oxygen atoms in total. The summed E-state index contributed by atoms with van der Waals surface area (Å²) in [5.41, 5.74) is 6.61. The Hall–Kier alpha value is -2.13. The minimum absolute atomic E-state index is 0.843. The summed E-state index contributed by atoms with van der Waals surface area (Å²) < 4.78 is 0. The second-order valence-electron chi connectivity index (χ2n) is 7.81. The van der Waals surface area contributed by atoms with Gasteiger partial charge in [-0.3, -0.25) is 4.90 Å². The first-order valence-electron chi connectivity index (χ1n) is 10.3. The Morgan fingerprint density at radius 1 is 1.04 bits per heavy atom. The van der Waals surface area contributed by atoms with Crippen molar-refractivity contribution in [3.63, 3.8) is 0 Å². The summed E-state index contributed by atoms with van der Waals surface area (Å²) in [6.45, 7) is 2.41. The molecule has 0 aromatic heterocycles. The summed E-state index contributed by atoms with van der Waals surface area (Å²) in [6, 6.07) is 18.4. The molecule has 0 amide bonds. The zero-order chi connectivity index (χ0) is 18.5. The molecule has 1 fully saturated rings. The molecule has 0 bridgehead atoms. The van der Waals surface area contributed by atoms with E-state index in [2.05, 4.69) is 58.6 Å². The van der Waals surface area contributed by atoms with Crippen molar-refractivity contribution in [3.05, 3.63) is 70.8 Å². The first kappa shape index (κ1) is 18.2. The van der Waals surface area contributed by atoms with E-state index in [0.717, 1.165) is 31.0 Å². The van der Waals surface area contributed by atoms with Crippen LogP contribution in [0.15, 0.2) is 53.7 Å². The molecule has 2 aromatic rings. The predicted octanol–water partition coefficient (Wildman–Crippen LogP) is 4.62. The largest absolute Gasteiger partial charge is 0.399 e. The first-order chi connectivity index (χ1) is 13.3. The molecule has 0 saturated heterocycles. The maximum atomic E-state index is 5.17. The number of benzene rings is 2. The van der Waals surface area contributed by atoms with E-state index in [-0.39, 0.29) is 0 Å². The van der Waals surface area contributed by atoms with Crippen LogP contribution < -0.4 is 0 Å². The molecule has 2 aliphatic rings. The van der Waals surface area contributed by atoms with Gasteiger partial charge in [-0.1, -0.05) is 54.0 Å². The topological polar surface area (TPSA) is 24.8 Å². The zero-order valence-corrected chi connectivity index (χ0v) is 16.4. The molecule has 0 spiro atoms. The number of hydrogen-bond donors (Lipinski definition) is 0. The average molecular weight is 363 g/mol. The van der Waals surface area contributed by atoms with Gasteiger partial charge in [0.05, 0.1) is 5.71 Å². The predicted molar refractivity (Wildman–Crippen MR) is 111 cm³/mol. The third kappa shape index (κ3) is 4.41. The van der Waals surface area contributed by atoms with Gasteiger partial charge in [-0.25, -0.2) is 0 Å². The van der Waals surface area contributed by atoms with E-state index >= 15 is 0 Å². The normalized spacial score (nSPS) is 18.5. The van der Waals surface area contributed by atoms with Gasteiger partial charge in [-0.15, -0.1) is 0 Å². The lowest BCUT2D eigenvalue weighted by atomic mass is 9.91. The quantitative estimate of drug-likeness (QED) is 0.553. The second-order valence-corrected chi connectivity index (χ2v) is 7.81. The Morgan fingerprint density at radius 3 is 2.52 bits per heavy atom. The lowest BCUT2D eigenvalue weighted by Gasteiger charge is -2.36. The summed E-state index contributed by atoms with van der Waals surface area (Å²) >= 11 is 0. The molecule has 1 aliphatic carbocycles. The van der Waals surface area contributed by atoms with Crippen LogP contribution in [0, 0.1) is 0 Å². The smallest absolute Gasteiger partial charge is 0.106 e. The molecule has 3 heteroatoms. The summed E-state index contributed by atoms with van der Waals surface area (Å²) in [7, 11) is 1.64. The van der Waals surface area contributed by atoms with E-state index in [9.17, 15) is 0 Å². The Balaban J connectivity index is 1.47. The van der Waals surface area contributed by atoms with Gasteiger partial charge in [0.1, 0.15) is 7.11 Å². The van der Waals surface area contributed by atoms with Crippen molar-refractivity contribution in [3.8, 4) is 0 Å². The summed E-state index contributed by atoms with van der Waals surface area (Å²) in [5, 5.41) is 4.35. The molecule has 0 unspecified atom stereocenters. The van der Waals surface area contributed by atoms with E-state index < -0.39 is 0 Å². The van der Waals surface area contributed by atoms with E-state index in [1.165, 1.54) is 61.0 Å². The van der Waals surface area contributed by atoms with Gasteiger partial charge >= 0.3 is 0 Å². The van der Waals surface area contributed by atoms with Crippen LogP contribution in [0.4, 0.5) is 0 Å². The molecule has 0 radical (unpaired) electrons. The van der Waals surface area contributed by atoms with E-state index in [4.69, 9.17) is 4.84 Å². The van der Waals surface area contributed by atoms with Crippen LogP contribution in [0.5, 0.6) is 0 Å². The van der Waals surface area contributed by atoms with E-state index in [1.807, 2.05) is 0 Å². The Kier molecular flexibility index (Phi) is 5.88. The van der Waals surface area contributed by atoms with Crippen molar-refractivity contribution in [1.29, 1.82) is 0 Å². The molecule has 142 valence electrons. The highest BCUT2D eigenvalue weighted by atomic mass is 16.6. The third-order valence-corrected chi connectivity index (χ3v) is 6.16. The SMILES string of the molecule is CON=C(CCc1ccccc1)c1ccc2c(c1)CCN(C1CCC1)CC2. The first-order valence-corrected chi connectivity index (χ1v) is 10.3. The number of fused-ring (bicyclic) bond motifs is 1. The standard InChI is InChI=1S/C24H30N2O/c1-27-25-24(13-10-19-6-3-2-4-7-19)22-12-11-20-14-16-26(23-8-5-9-23)17-15-21(20)18-22/h2-4,6-7,11-12,18,23H,5,8-10,13-17H2,1H3. The highest BCUT2D eigenvalue weighted by Crippen LogP contribution is 2.28. The molecule has 2 aromatic carbocycles. The van der Waals surface area contributed by atoms with Crippen molar-refractivity contribution >= 4 is 5.71 Å². The van der Waals surface area contributed by atoms with Crippen LogP contribution in [0.25, 0.3) is 0 Å². The molecule has 1 heterocycles. The molecule has 0 N–H and O–H groups in total. The molecule has 1 saturated carbocycles. The minimum Gasteiger partial charge on any atom is -0.399 e. The van der Waals surface area contributed by atoms with Crippen LogP contribution in [-0.2, 0) is 24.1 Å². The van der Waals surface area contributed by atoms with Crippen LogP contribution in [0.2, 0.25) is 0 Å². The maximum absolute atomic E-state index is 5.17. The van der Waals surface area contributed by atoms with Gasteiger partial charge in [-0.05, 0) is 66.8 Å². The van der Waals surface area contributed by atoms with Crippen molar-refractivity contribution < 1.29 is 4.84 Å². The lowest BCUT2D eigenvalue weighted by molar-refractivity contribution is 0.133. The van der Waals surface area contributed by atoms with Gasteiger partial charge < -0.3 is 4.84 Å². The highest BCUT2D eigenvalue weighted by Gasteiger charge is 2.26. The Bertz CT molecular complexity index is 780. The number of aryl methyl sites for hydroxylation is 1. The highest BCUT2D eigenvalue weighted by molar-refractivity contribution is 6.00. The molecule has 1 aliphatic heterocycles. The van der Waals surface area contributed by atoms with Gasteiger partial charge in [0.15, 0.2) is 0 Å². The number of oxime groups is 1. The van der Waals surface area contributed by atoms with Gasteiger partial charge in [0.25, 0.3) is 0 Å². The Labute approximate surface area is 163 Å². The molecular weight excluding hydrogens is 332 g/mol. The van der Waals surface area contributed by atoms with Crippen molar-refractivity contribution in [2.45, 2.75) is 51.0 Å². The average Bonchev–Trinajstić information content (AvgIpc) is 2.87. The van der Waals surface area contributed by atoms with Crippen LogP contribution in [0.1, 0.15) is 47.9 Å². The fraction of sp³-hybridized carbons (Fsp3) is 0.458. The van der Waals surface area contributed by atoms with Crippen molar-refractivity contribution in [1.82, 2.24) is 4.90 Å². The number of hydrogen-bond acceptors (Lipinski definition) is 3. The number of rotatable bonds is 6. The molecular formula is C24H30N2O. The maximum Gasteiger partial charge on any atom is 0.106 e. The molecule has 27 heavy (non-hydrogen) atoms. The zero-order valence-electron chi connectivity index (χ0n) is 16.4. The number of nitrogens with zero attached hydrogens (tertiary/aromatic N) is 2. The summed E-state index contributed by atoms with van der Waals surface area (Å²) in [4.78, 5) is 7.88. The molecule has 4 rings (SSSR count). The van der Waals surface area contributed by atoms with Gasteiger partial charge in [0.2, 0.25) is 0 Å². The van der Waals surface area contributed by atoms with E-state index in [1.54, 1.807) is 7.11 Å².